The Morgan fingerprint density at radius 3 is 2.32 bits per heavy atom. The van der Waals surface area contributed by atoms with Crippen LogP contribution in [-0.4, -0.2) is 16.8 Å². The molecule has 0 unspecified atom stereocenters. The Balaban J connectivity index is 1.52. The Kier molecular flexibility index (Phi) is 6.22. The largest absolute Gasteiger partial charge is 0.417 e. The van der Waals surface area contributed by atoms with Crippen molar-refractivity contribution in [3.8, 4) is 0 Å². The van der Waals surface area contributed by atoms with Gasteiger partial charge in [0.2, 0.25) is 5.91 Å². The van der Waals surface area contributed by atoms with Crippen LogP contribution in [0, 0.1) is 0 Å². The summed E-state index contributed by atoms with van der Waals surface area (Å²) in [5, 5.41) is 5.74. The van der Waals surface area contributed by atoms with Gasteiger partial charge in [0, 0.05) is 22.5 Å². The molecule has 4 N–H and O–H groups in total. The smallest absolute Gasteiger partial charge is 0.382 e. The Labute approximate surface area is 198 Å². The van der Waals surface area contributed by atoms with Gasteiger partial charge in [-0.1, -0.05) is 36.2 Å². The molecule has 2 amide bonds. The van der Waals surface area contributed by atoms with E-state index >= 15 is 0 Å². The third-order valence-corrected chi connectivity index (χ3v) is 6.15. The van der Waals surface area contributed by atoms with Gasteiger partial charge in [0.15, 0.2) is 0 Å². The summed E-state index contributed by atoms with van der Waals surface area (Å²) < 4.78 is 39.1. The lowest BCUT2D eigenvalue weighted by atomic mass is 9.63. The number of rotatable bonds is 5. The first-order valence-electron chi connectivity index (χ1n) is 10.4. The fourth-order valence-electron chi connectivity index (χ4n) is 3.86. The maximum absolute atomic E-state index is 13.2. The number of alkyl halides is 3. The van der Waals surface area contributed by atoms with E-state index in [0.29, 0.717) is 40.9 Å². The van der Waals surface area contributed by atoms with Crippen molar-refractivity contribution in [3.63, 3.8) is 0 Å². The number of carbonyl (C=O) groups excluding carboxylic acids is 2. The van der Waals surface area contributed by atoms with Gasteiger partial charge in [-0.25, -0.2) is 4.98 Å². The highest BCUT2D eigenvalue weighted by Gasteiger charge is 2.46. The number of nitrogens with one attached hydrogen (secondary N) is 2. The standard InChI is InChI=1S/C24H20ClF3N4O2/c25-17-4-1-3-14(11-17)21(33)31-18-7-5-15(6-8-18)23(9-2-10-23)22(34)32-19-12-16(24(26,27)28)13-30-20(19)29/h1,3-8,11-13H,2,9-10H2,(H2,29,30)(H,31,33)(H,32,34). The number of hydrogen-bond donors (Lipinski definition) is 3. The SMILES string of the molecule is Nc1ncc(C(F)(F)F)cc1NC(=O)C1(c2ccc(NC(=O)c3cccc(Cl)c3)cc2)CCC1. The van der Waals surface area contributed by atoms with Gasteiger partial charge >= 0.3 is 6.18 Å². The summed E-state index contributed by atoms with van der Waals surface area (Å²) in [5.41, 5.74) is 5.23. The number of pyridine rings is 1. The van der Waals surface area contributed by atoms with Crippen molar-refractivity contribution in [2.75, 3.05) is 16.4 Å². The molecule has 0 spiro atoms. The molecule has 1 saturated carbocycles. The summed E-state index contributed by atoms with van der Waals surface area (Å²) in [5.74, 6) is -0.990. The highest BCUT2D eigenvalue weighted by molar-refractivity contribution is 6.31. The summed E-state index contributed by atoms with van der Waals surface area (Å²) >= 11 is 5.93. The maximum Gasteiger partial charge on any atom is 0.417 e. The Morgan fingerprint density at radius 1 is 1.03 bits per heavy atom. The molecule has 0 atom stereocenters. The zero-order valence-electron chi connectivity index (χ0n) is 17.7. The summed E-state index contributed by atoms with van der Waals surface area (Å²) in [4.78, 5) is 29.1. The van der Waals surface area contributed by atoms with E-state index in [1.165, 1.54) is 0 Å². The molecule has 3 aromatic rings. The summed E-state index contributed by atoms with van der Waals surface area (Å²) in [6, 6.07) is 14.1. The highest BCUT2D eigenvalue weighted by atomic mass is 35.5. The zero-order chi connectivity index (χ0) is 24.5. The fraction of sp³-hybridized carbons (Fsp3) is 0.208. The maximum atomic E-state index is 13.2. The third-order valence-electron chi connectivity index (χ3n) is 5.92. The van der Waals surface area contributed by atoms with Crippen LogP contribution < -0.4 is 16.4 Å². The molecule has 4 rings (SSSR count). The van der Waals surface area contributed by atoms with Gasteiger partial charge in [-0.3, -0.25) is 9.59 Å². The lowest BCUT2D eigenvalue weighted by Crippen LogP contribution is -2.46. The summed E-state index contributed by atoms with van der Waals surface area (Å²) in [7, 11) is 0. The van der Waals surface area contributed by atoms with Crippen molar-refractivity contribution in [2.45, 2.75) is 30.9 Å². The van der Waals surface area contributed by atoms with E-state index < -0.39 is 23.1 Å². The zero-order valence-corrected chi connectivity index (χ0v) is 18.5. The lowest BCUT2D eigenvalue weighted by molar-refractivity contribution is -0.137. The normalized spacial score (nSPS) is 14.7. The minimum Gasteiger partial charge on any atom is -0.382 e. The van der Waals surface area contributed by atoms with E-state index in [1.54, 1.807) is 48.5 Å². The Bertz CT molecular complexity index is 1240. The van der Waals surface area contributed by atoms with E-state index in [0.717, 1.165) is 12.5 Å². The highest BCUT2D eigenvalue weighted by Crippen LogP contribution is 2.45. The topological polar surface area (TPSA) is 97.1 Å². The first-order valence-corrected chi connectivity index (χ1v) is 10.8. The van der Waals surface area contributed by atoms with Crippen LogP contribution in [0.1, 0.15) is 40.7 Å². The first kappa shape index (κ1) is 23.6. The molecule has 0 bridgehead atoms. The number of nitrogens with two attached hydrogens (primary N) is 1. The minimum absolute atomic E-state index is 0.184. The molecule has 2 aromatic carbocycles. The van der Waals surface area contributed by atoms with Gasteiger partial charge in [-0.15, -0.1) is 0 Å². The molecule has 0 aliphatic heterocycles. The van der Waals surface area contributed by atoms with Gasteiger partial charge in [0.25, 0.3) is 5.91 Å². The van der Waals surface area contributed by atoms with Gasteiger partial charge in [0.1, 0.15) is 5.82 Å². The van der Waals surface area contributed by atoms with E-state index in [2.05, 4.69) is 15.6 Å². The first-order chi connectivity index (χ1) is 16.1. The number of benzene rings is 2. The Morgan fingerprint density at radius 2 is 1.74 bits per heavy atom. The van der Waals surface area contributed by atoms with E-state index in [-0.39, 0.29) is 17.4 Å². The summed E-state index contributed by atoms with van der Waals surface area (Å²) in [6.07, 6.45) is -2.14. The average molecular weight is 489 g/mol. The van der Waals surface area contributed by atoms with Crippen molar-refractivity contribution in [1.82, 2.24) is 4.98 Å². The van der Waals surface area contributed by atoms with Crippen molar-refractivity contribution in [1.29, 1.82) is 0 Å². The summed E-state index contributed by atoms with van der Waals surface area (Å²) in [6.45, 7) is 0. The van der Waals surface area contributed by atoms with Crippen LogP contribution in [0.4, 0.5) is 30.4 Å². The number of carbonyl (C=O) groups is 2. The number of hydrogen-bond acceptors (Lipinski definition) is 4. The molecule has 1 aliphatic rings. The van der Waals surface area contributed by atoms with Crippen LogP contribution in [0.15, 0.2) is 60.8 Å². The number of aromatic nitrogens is 1. The van der Waals surface area contributed by atoms with Gasteiger partial charge in [0.05, 0.1) is 16.7 Å². The molecule has 176 valence electrons. The molecule has 1 aliphatic carbocycles. The molecule has 1 heterocycles. The number of nitrogens with zero attached hydrogens (tertiary/aromatic N) is 1. The van der Waals surface area contributed by atoms with Crippen LogP contribution in [0.5, 0.6) is 0 Å². The van der Waals surface area contributed by atoms with Crippen LogP contribution in [0.25, 0.3) is 0 Å². The second kappa shape index (κ2) is 8.98. The molecular formula is C24H20ClF3N4O2. The van der Waals surface area contributed by atoms with E-state index in [9.17, 15) is 22.8 Å². The number of amides is 2. The van der Waals surface area contributed by atoms with E-state index in [4.69, 9.17) is 17.3 Å². The van der Waals surface area contributed by atoms with E-state index in [1.807, 2.05) is 0 Å². The second-order valence-corrected chi connectivity index (χ2v) is 8.52. The number of anilines is 3. The van der Waals surface area contributed by atoms with Crippen LogP contribution in [0.2, 0.25) is 5.02 Å². The van der Waals surface area contributed by atoms with Crippen LogP contribution in [-0.2, 0) is 16.4 Å². The molecule has 10 heteroatoms. The van der Waals surface area contributed by atoms with Crippen molar-refractivity contribution in [3.05, 3.63) is 82.5 Å². The Hall–Kier alpha value is -3.59. The van der Waals surface area contributed by atoms with Gasteiger partial charge < -0.3 is 16.4 Å². The predicted octanol–water partition coefficient (Wildman–Crippen LogP) is 5.65. The molecule has 1 aromatic heterocycles. The number of halogens is 4. The monoisotopic (exact) mass is 488 g/mol. The number of nitrogen functional groups attached to an aromatic ring is 1. The fourth-order valence-corrected chi connectivity index (χ4v) is 4.05. The average Bonchev–Trinajstić information content (AvgIpc) is 2.75. The lowest BCUT2D eigenvalue weighted by Gasteiger charge is -2.40. The van der Waals surface area contributed by atoms with Gasteiger partial charge in [-0.2, -0.15) is 13.2 Å². The molecule has 0 saturated heterocycles. The van der Waals surface area contributed by atoms with Crippen LogP contribution >= 0.6 is 11.6 Å². The van der Waals surface area contributed by atoms with Crippen molar-refractivity contribution < 1.29 is 22.8 Å². The van der Waals surface area contributed by atoms with Crippen molar-refractivity contribution in [2.24, 2.45) is 0 Å². The van der Waals surface area contributed by atoms with Crippen molar-refractivity contribution >= 4 is 40.6 Å². The molecular weight excluding hydrogens is 469 g/mol. The van der Waals surface area contributed by atoms with Crippen LogP contribution in [0.3, 0.4) is 0 Å². The van der Waals surface area contributed by atoms with Gasteiger partial charge in [-0.05, 0) is 54.8 Å². The molecule has 1 fully saturated rings. The minimum atomic E-state index is -4.61. The quantitative estimate of drug-likeness (QED) is 0.432. The predicted molar refractivity (Wildman–Crippen MR) is 124 cm³/mol. The molecule has 6 nitrogen and oxygen atoms in total. The third kappa shape index (κ3) is 4.70. The molecule has 34 heavy (non-hydrogen) atoms. The second-order valence-electron chi connectivity index (χ2n) is 8.09. The molecule has 0 radical (unpaired) electrons.